The van der Waals surface area contributed by atoms with E-state index in [1.54, 1.807) is 0 Å². The summed E-state index contributed by atoms with van der Waals surface area (Å²) in [7, 11) is 0.305. The van der Waals surface area contributed by atoms with E-state index in [4.69, 9.17) is 0 Å². The fraction of sp³-hybridized carbons (Fsp3) is 1.00. The lowest BCUT2D eigenvalue weighted by Gasteiger charge is -2.14. The van der Waals surface area contributed by atoms with Crippen LogP contribution in [-0.4, -0.2) is 5.16 Å². The highest BCUT2D eigenvalue weighted by atomic mass is 31.1. The third kappa shape index (κ3) is 18.4. The minimum absolute atomic E-state index is 0.00446. The summed E-state index contributed by atoms with van der Waals surface area (Å²) in [5.74, 6) is 0. The SMILES string of the molecule is CCCCCCCCCCCCCCCCCCCC(C)(C)P=O. The summed E-state index contributed by atoms with van der Waals surface area (Å²) < 4.78 is 10.9. The quantitative estimate of drug-likeness (QED) is 0.166. The van der Waals surface area contributed by atoms with Gasteiger partial charge in [-0.3, -0.25) is 4.57 Å². The third-order valence-electron chi connectivity index (χ3n) is 5.14. The van der Waals surface area contributed by atoms with Gasteiger partial charge in [0.15, 0.2) is 8.46 Å². The summed E-state index contributed by atoms with van der Waals surface area (Å²) in [6.07, 6.45) is 25.2. The molecule has 0 aliphatic carbocycles. The van der Waals surface area contributed by atoms with E-state index in [9.17, 15) is 4.57 Å². The minimum atomic E-state index is -0.00446. The lowest BCUT2D eigenvalue weighted by atomic mass is 10.0. The Labute approximate surface area is 155 Å². The Morgan fingerprint density at radius 3 is 1.12 bits per heavy atom. The van der Waals surface area contributed by atoms with Crippen molar-refractivity contribution in [2.75, 3.05) is 0 Å². The number of unbranched alkanes of at least 4 members (excludes halogenated alkanes) is 16. The van der Waals surface area contributed by atoms with Gasteiger partial charge in [0.2, 0.25) is 0 Å². The van der Waals surface area contributed by atoms with Crippen LogP contribution in [0.4, 0.5) is 0 Å². The first-order valence-electron chi connectivity index (χ1n) is 11.0. The van der Waals surface area contributed by atoms with Gasteiger partial charge in [0, 0.05) is 5.16 Å². The molecule has 0 atom stereocenters. The molecule has 0 aromatic rings. The monoisotopic (exact) mass is 356 g/mol. The van der Waals surface area contributed by atoms with E-state index < -0.39 is 0 Å². The van der Waals surface area contributed by atoms with Crippen LogP contribution >= 0.6 is 8.46 Å². The van der Waals surface area contributed by atoms with Crippen LogP contribution in [0, 0.1) is 0 Å². The van der Waals surface area contributed by atoms with Gasteiger partial charge < -0.3 is 0 Å². The molecule has 0 aromatic carbocycles. The molecule has 0 bridgehead atoms. The average Bonchev–Trinajstić information content (AvgIpc) is 2.57. The molecule has 2 heteroatoms. The molecule has 0 saturated carbocycles. The molecule has 0 N–H and O–H groups in total. The van der Waals surface area contributed by atoms with Crippen molar-refractivity contribution in [1.29, 1.82) is 0 Å². The van der Waals surface area contributed by atoms with Crippen LogP contribution in [0.5, 0.6) is 0 Å². The molecule has 0 rings (SSSR count). The van der Waals surface area contributed by atoms with Gasteiger partial charge in [0.25, 0.3) is 0 Å². The van der Waals surface area contributed by atoms with E-state index in [-0.39, 0.29) is 5.16 Å². The molecule has 144 valence electrons. The Bertz CT molecular complexity index is 263. The summed E-state index contributed by atoms with van der Waals surface area (Å²) in [4.78, 5) is 0. The van der Waals surface area contributed by atoms with Crippen LogP contribution in [-0.2, 0) is 4.57 Å². The first-order valence-corrected chi connectivity index (χ1v) is 11.8. The number of hydrogen-bond acceptors (Lipinski definition) is 1. The second-order valence-corrected chi connectivity index (χ2v) is 9.70. The standard InChI is InChI=1S/C22H45OP/c1-4-5-6-7-8-9-10-11-12-13-14-15-16-17-18-19-20-21-22(2,3)24-23/h4-21H2,1-3H3. The smallest absolute Gasteiger partial charge is 0.161 e. The Morgan fingerprint density at radius 2 is 0.833 bits per heavy atom. The second kappa shape index (κ2) is 17.9. The first-order chi connectivity index (χ1) is 11.6. The molecule has 0 radical (unpaired) electrons. The zero-order valence-corrected chi connectivity index (χ0v) is 18.0. The van der Waals surface area contributed by atoms with E-state index in [2.05, 4.69) is 20.8 Å². The van der Waals surface area contributed by atoms with Crippen LogP contribution in [0.2, 0.25) is 0 Å². The molecule has 0 heterocycles. The largest absolute Gasteiger partial charge is 0.274 e. The maximum atomic E-state index is 10.9. The molecule has 24 heavy (non-hydrogen) atoms. The summed E-state index contributed by atoms with van der Waals surface area (Å²) >= 11 is 0. The van der Waals surface area contributed by atoms with Crippen molar-refractivity contribution < 1.29 is 4.57 Å². The molecule has 0 saturated heterocycles. The zero-order chi connectivity index (χ0) is 17.9. The lowest BCUT2D eigenvalue weighted by molar-refractivity contribution is 0.505. The van der Waals surface area contributed by atoms with Gasteiger partial charge in [-0.15, -0.1) is 0 Å². The van der Waals surface area contributed by atoms with E-state index in [0.29, 0.717) is 8.46 Å². The third-order valence-corrected chi connectivity index (χ3v) is 5.86. The molecule has 0 spiro atoms. The first kappa shape index (κ1) is 24.1. The Morgan fingerprint density at radius 1 is 0.542 bits per heavy atom. The van der Waals surface area contributed by atoms with Crippen molar-refractivity contribution in [3.63, 3.8) is 0 Å². The molecular formula is C22H45OP. The molecule has 1 nitrogen and oxygen atoms in total. The molecule has 0 aromatic heterocycles. The highest BCUT2D eigenvalue weighted by Crippen LogP contribution is 2.28. The molecule has 0 aliphatic rings. The fourth-order valence-electron chi connectivity index (χ4n) is 3.33. The van der Waals surface area contributed by atoms with E-state index in [1.807, 2.05) is 0 Å². The molecule has 0 unspecified atom stereocenters. The van der Waals surface area contributed by atoms with Gasteiger partial charge >= 0.3 is 0 Å². The van der Waals surface area contributed by atoms with Crippen molar-refractivity contribution in [2.24, 2.45) is 0 Å². The Balaban J connectivity index is 3.06. The zero-order valence-electron chi connectivity index (χ0n) is 17.1. The summed E-state index contributed by atoms with van der Waals surface area (Å²) in [6, 6.07) is 0. The molecule has 0 fully saturated rings. The summed E-state index contributed by atoms with van der Waals surface area (Å²) in [5.41, 5.74) is 0. The highest BCUT2D eigenvalue weighted by molar-refractivity contribution is 7.25. The number of hydrogen-bond donors (Lipinski definition) is 0. The van der Waals surface area contributed by atoms with Crippen LogP contribution in [0.15, 0.2) is 0 Å². The Hall–Kier alpha value is 0.100. The number of rotatable bonds is 19. The van der Waals surface area contributed by atoms with Gasteiger partial charge in [0.1, 0.15) is 0 Å². The second-order valence-electron chi connectivity index (χ2n) is 8.31. The van der Waals surface area contributed by atoms with Crippen molar-refractivity contribution >= 4 is 8.46 Å². The van der Waals surface area contributed by atoms with Crippen LogP contribution in [0.1, 0.15) is 136 Å². The molecular weight excluding hydrogens is 311 g/mol. The normalized spacial score (nSPS) is 12.1. The predicted octanol–water partition coefficient (Wildman–Crippen LogP) is 9.10. The fourth-order valence-corrected chi connectivity index (χ4v) is 3.58. The van der Waals surface area contributed by atoms with Gasteiger partial charge in [-0.2, -0.15) is 0 Å². The van der Waals surface area contributed by atoms with E-state index >= 15 is 0 Å². The van der Waals surface area contributed by atoms with E-state index in [0.717, 1.165) is 6.42 Å². The topological polar surface area (TPSA) is 17.1 Å². The Kier molecular flexibility index (Phi) is 18.0. The highest BCUT2D eigenvalue weighted by Gasteiger charge is 2.16. The van der Waals surface area contributed by atoms with Gasteiger partial charge in [0.05, 0.1) is 0 Å². The minimum Gasteiger partial charge on any atom is -0.274 e. The van der Waals surface area contributed by atoms with Gasteiger partial charge in [-0.05, 0) is 20.3 Å². The van der Waals surface area contributed by atoms with Crippen LogP contribution < -0.4 is 0 Å². The van der Waals surface area contributed by atoms with Crippen LogP contribution in [0.3, 0.4) is 0 Å². The molecule has 0 amide bonds. The summed E-state index contributed by atoms with van der Waals surface area (Å²) in [5, 5.41) is -0.00446. The van der Waals surface area contributed by atoms with Crippen molar-refractivity contribution in [3.05, 3.63) is 0 Å². The van der Waals surface area contributed by atoms with Crippen molar-refractivity contribution in [1.82, 2.24) is 0 Å². The van der Waals surface area contributed by atoms with Crippen LogP contribution in [0.25, 0.3) is 0 Å². The average molecular weight is 357 g/mol. The van der Waals surface area contributed by atoms with Gasteiger partial charge in [-0.25, -0.2) is 0 Å². The summed E-state index contributed by atoms with van der Waals surface area (Å²) in [6.45, 7) is 6.47. The van der Waals surface area contributed by atoms with E-state index in [1.165, 1.54) is 109 Å². The lowest BCUT2D eigenvalue weighted by Crippen LogP contribution is -2.09. The maximum Gasteiger partial charge on any atom is 0.161 e. The molecule has 0 aliphatic heterocycles. The predicted molar refractivity (Wildman–Crippen MR) is 110 cm³/mol. The van der Waals surface area contributed by atoms with Gasteiger partial charge in [-0.1, -0.05) is 116 Å². The maximum absolute atomic E-state index is 10.9. The van der Waals surface area contributed by atoms with Crippen molar-refractivity contribution in [3.8, 4) is 0 Å². The van der Waals surface area contributed by atoms with Crippen molar-refractivity contribution in [2.45, 2.75) is 142 Å².